The summed E-state index contributed by atoms with van der Waals surface area (Å²) in [4.78, 5) is 24.0. The van der Waals surface area contributed by atoms with Crippen LogP contribution in [0.25, 0.3) is 11.3 Å². The molecular formula is C24H29NO7. The fourth-order valence-electron chi connectivity index (χ4n) is 4.50. The minimum atomic E-state index is -1.22. The Morgan fingerprint density at radius 3 is 2.53 bits per heavy atom. The van der Waals surface area contributed by atoms with Gasteiger partial charge in [-0.1, -0.05) is 13.8 Å². The number of fused-ring (bicyclic) bond motifs is 3. The van der Waals surface area contributed by atoms with E-state index in [-0.39, 0.29) is 22.9 Å². The molecule has 1 atom stereocenters. The number of carboxylic acid groups (broad SMARTS) is 1. The smallest absolute Gasteiger partial charge is 0.341 e. The number of carbonyl (C=O) groups is 1. The number of nitrogens with zero attached hydrogens (tertiary/aromatic N) is 1. The molecule has 1 N–H and O–H groups in total. The summed E-state index contributed by atoms with van der Waals surface area (Å²) < 4.78 is 24.4. The summed E-state index contributed by atoms with van der Waals surface area (Å²) in [5.74, 6) is 0.203. The predicted octanol–water partition coefficient (Wildman–Crippen LogP) is 3.02. The van der Waals surface area contributed by atoms with Gasteiger partial charge in [-0.25, -0.2) is 4.79 Å². The second-order valence-corrected chi connectivity index (χ2v) is 9.04. The molecule has 0 radical (unpaired) electrons. The van der Waals surface area contributed by atoms with Crippen molar-refractivity contribution in [1.29, 1.82) is 0 Å². The van der Waals surface area contributed by atoms with Crippen molar-refractivity contribution in [3.05, 3.63) is 45.7 Å². The van der Waals surface area contributed by atoms with Crippen molar-refractivity contribution >= 4 is 5.97 Å². The van der Waals surface area contributed by atoms with E-state index in [9.17, 15) is 14.7 Å². The largest absolute Gasteiger partial charge is 0.493 e. The highest BCUT2D eigenvalue weighted by Crippen LogP contribution is 2.43. The van der Waals surface area contributed by atoms with E-state index in [4.69, 9.17) is 18.9 Å². The van der Waals surface area contributed by atoms with Crippen molar-refractivity contribution in [2.45, 2.75) is 26.3 Å². The number of rotatable bonds is 8. The van der Waals surface area contributed by atoms with Crippen molar-refractivity contribution in [3.63, 3.8) is 0 Å². The van der Waals surface area contributed by atoms with Crippen molar-refractivity contribution in [3.8, 4) is 22.8 Å². The average Bonchev–Trinajstić information content (AvgIpc) is 2.73. The van der Waals surface area contributed by atoms with E-state index in [1.54, 1.807) is 14.2 Å². The lowest BCUT2D eigenvalue weighted by molar-refractivity contribution is -0.159. The molecule has 1 aromatic heterocycles. The maximum atomic E-state index is 12.5. The van der Waals surface area contributed by atoms with Crippen LogP contribution in [0.5, 0.6) is 11.5 Å². The molecule has 2 aromatic rings. The molecule has 1 aromatic carbocycles. The normalized spacial score (nSPS) is 18.5. The number of aromatic nitrogens is 1. The van der Waals surface area contributed by atoms with Gasteiger partial charge in [0.1, 0.15) is 12.2 Å². The van der Waals surface area contributed by atoms with Gasteiger partial charge in [-0.3, -0.25) is 4.79 Å². The Bertz CT molecular complexity index is 1080. The lowest BCUT2D eigenvalue weighted by Gasteiger charge is -2.40. The Kier molecular flexibility index (Phi) is 6.01. The molecule has 32 heavy (non-hydrogen) atoms. The molecule has 1 fully saturated rings. The second kappa shape index (κ2) is 8.60. The Balaban J connectivity index is 1.76. The number of aromatic carboxylic acids is 1. The summed E-state index contributed by atoms with van der Waals surface area (Å²) in [6.45, 7) is 6.35. The Morgan fingerprint density at radius 1 is 1.22 bits per heavy atom. The molecule has 8 nitrogen and oxygen atoms in total. The molecule has 3 heterocycles. The first kappa shape index (κ1) is 22.4. The molecular weight excluding hydrogens is 414 g/mol. The standard InChI is InChI=1S/C24H29NO7/c1-14(2)18-5-15-6-22(32-13-24(10-29-3)11-31-12-24)21(30-4)7-16(15)19-8-20(26)17(23(27)28)9-25(18)19/h6-9,14,18H,5,10-13H2,1-4H3,(H,27,28). The van der Waals surface area contributed by atoms with E-state index >= 15 is 0 Å². The minimum Gasteiger partial charge on any atom is -0.493 e. The Hall–Kier alpha value is -2.84. The summed E-state index contributed by atoms with van der Waals surface area (Å²) >= 11 is 0. The summed E-state index contributed by atoms with van der Waals surface area (Å²) in [6, 6.07) is 5.27. The monoisotopic (exact) mass is 443 g/mol. The van der Waals surface area contributed by atoms with Gasteiger partial charge in [0.15, 0.2) is 16.9 Å². The first-order valence-electron chi connectivity index (χ1n) is 10.7. The van der Waals surface area contributed by atoms with Gasteiger partial charge in [0.2, 0.25) is 0 Å². The van der Waals surface area contributed by atoms with Gasteiger partial charge in [-0.2, -0.15) is 0 Å². The number of pyridine rings is 1. The van der Waals surface area contributed by atoms with Crippen LogP contribution >= 0.6 is 0 Å². The number of hydrogen-bond acceptors (Lipinski definition) is 6. The van der Waals surface area contributed by atoms with Gasteiger partial charge in [-0.15, -0.1) is 0 Å². The molecule has 4 rings (SSSR count). The maximum Gasteiger partial charge on any atom is 0.341 e. The fraction of sp³-hybridized carbons (Fsp3) is 0.500. The van der Waals surface area contributed by atoms with Crippen LogP contribution in [0, 0.1) is 11.3 Å². The lowest BCUT2D eigenvalue weighted by atomic mass is 9.86. The summed E-state index contributed by atoms with van der Waals surface area (Å²) in [5, 5.41) is 9.43. The third-order valence-corrected chi connectivity index (χ3v) is 6.33. The maximum absolute atomic E-state index is 12.5. The predicted molar refractivity (Wildman–Crippen MR) is 118 cm³/mol. The number of hydrogen-bond donors (Lipinski definition) is 1. The highest BCUT2D eigenvalue weighted by molar-refractivity contribution is 5.88. The molecule has 1 saturated heterocycles. The van der Waals surface area contributed by atoms with Gasteiger partial charge >= 0.3 is 5.97 Å². The molecule has 0 bridgehead atoms. The highest BCUT2D eigenvalue weighted by Gasteiger charge is 2.40. The fourth-order valence-corrected chi connectivity index (χ4v) is 4.50. The molecule has 0 spiro atoms. The first-order chi connectivity index (χ1) is 15.3. The van der Waals surface area contributed by atoms with Crippen LogP contribution < -0.4 is 14.9 Å². The van der Waals surface area contributed by atoms with E-state index in [0.717, 1.165) is 11.1 Å². The van der Waals surface area contributed by atoms with Gasteiger partial charge < -0.3 is 28.6 Å². The topological polar surface area (TPSA) is 96.2 Å². The average molecular weight is 443 g/mol. The van der Waals surface area contributed by atoms with E-state index in [0.29, 0.717) is 50.0 Å². The van der Waals surface area contributed by atoms with Gasteiger partial charge in [-0.05, 0) is 30.0 Å². The number of carboxylic acids is 1. The number of ether oxygens (including phenoxy) is 4. The molecule has 0 amide bonds. The van der Waals surface area contributed by atoms with Crippen LogP contribution in [0.3, 0.4) is 0 Å². The zero-order valence-corrected chi connectivity index (χ0v) is 18.8. The molecule has 2 aliphatic rings. The van der Waals surface area contributed by atoms with Crippen LogP contribution in [0.1, 0.15) is 35.8 Å². The summed E-state index contributed by atoms with van der Waals surface area (Å²) in [6.07, 6.45) is 2.16. The van der Waals surface area contributed by atoms with E-state index in [1.165, 1.54) is 12.3 Å². The van der Waals surface area contributed by atoms with E-state index in [2.05, 4.69) is 13.8 Å². The van der Waals surface area contributed by atoms with Gasteiger partial charge in [0.25, 0.3) is 0 Å². The minimum absolute atomic E-state index is 0.0114. The molecule has 8 heteroatoms. The van der Waals surface area contributed by atoms with Crippen LogP contribution in [-0.2, 0) is 15.9 Å². The van der Waals surface area contributed by atoms with Crippen molar-refractivity contribution in [2.24, 2.45) is 11.3 Å². The molecule has 1 unspecified atom stereocenters. The van der Waals surface area contributed by atoms with Gasteiger partial charge in [0.05, 0.1) is 38.0 Å². The number of benzene rings is 1. The van der Waals surface area contributed by atoms with Crippen molar-refractivity contribution < 1.29 is 28.8 Å². The zero-order chi connectivity index (χ0) is 23.0. The molecule has 2 aliphatic heterocycles. The second-order valence-electron chi connectivity index (χ2n) is 9.04. The van der Waals surface area contributed by atoms with Crippen LogP contribution in [-0.4, -0.2) is 56.3 Å². The van der Waals surface area contributed by atoms with Crippen molar-refractivity contribution in [1.82, 2.24) is 4.57 Å². The quantitative estimate of drug-likeness (QED) is 0.670. The number of methoxy groups -OCH3 is 2. The lowest BCUT2D eigenvalue weighted by Crippen LogP contribution is -2.50. The third-order valence-electron chi connectivity index (χ3n) is 6.33. The zero-order valence-electron chi connectivity index (χ0n) is 18.8. The Labute approximate surface area is 186 Å². The van der Waals surface area contributed by atoms with Crippen LogP contribution in [0.2, 0.25) is 0 Å². The molecule has 0 aliphatic carbocycles. The highest BCUT2D eigenvalue weighted by atomic mass is 16.5. The van der Waals surface area contributed by atoms with Crippen molar-refractivity contribution in [2.75, 3.05) is 40.6 Å². The van der Waals surface area contributed by atoms with E-state index < -0.39 is 11.4 Å². The summed E-state index contributed by atoms with van der Waals surface area (Å²) in [5.41, 5.74) is 1.67. The third kappa shape index (κ3) is 3.89. The van der Waals surface area contributed by atoms with Crippen LogP contribution in [0.4, 0.5) is 0 Å². The van der Waals surface area contributed by atoms with Crippen LogP contribution in [0.15, 0.2) is 29.2 Å². The SMILES string of the molecule is COCC1(COc2cc3c(cc2OC)-c2cc(=O)c(C(=O)O)cn2C(C(C)C)C3)COC1. The molecule has 0 saturated carbocycles. The first-order valence-corrected chi connectivity index (χ1v) is 10.7. The van der Waals surface area contributed by atoms with Gasteiger partial charge in [0, 0.05) is 31.0 Å². The van der Waals surface area contributed by atoms with E-state index in [1.807, 2.05) is 16.7 Å². The Morgan fingerprint density at radius 2 is 1.97 bits per heavy atom. The summed E-state index contributed by atoms with van der Waals surface area (Å²) in [7, 11) is 3.24. The molecule has 172 valence electrons.